The average Bonchev–Trinajstić information content (AvgIpc) is 2.99. The van der Waals surface area contributed by atoms with Crippen LogP contribution in [0.1, 0.15) is 20.3 Å². The van der Waals surface area contributed by atoms with Crippen LogP contribution in [0.25, 0.3) is 11.2 Å². The fourth-order valence-corrected chi connectivity index (χ4v) is 2.27. The van der Waals surface area contributed by atoms with Crippen LogP contribution < -0.4 is 16.6 Å². The van der Waals surface area contributed by atoms with Gasteiger partial charge in [0.1, 0.15) is 6.54 Å². The normalized spacial score (nSPS) is 12.2. The van der Waals surface area contributed by atoms with Gasteiger partial charge in [-0.05, 0) is 13.3 Å². The van der Waals surface area contributed by atoms with Crippen LogP contribution in [-0.2, 0) is 35.0 Å². The highest BCUT2D eigenvalue weighted by atomic mass is 16.5. The second-order valence-electron chi connectivity index (χ2n) is 5.79. The van der Waals surface area contributed by atoms with Gasteiger partial charge in [-0.15, -0.1) is 0 Å². The third-order valence-corrected chi connectivity index (χ3v) is 3.90. The van der Waals surface area contributed by atoms with Crippen molar-refractivity contribution in [2.45, 2.75) is 32.9 Å². The van der Waals surface area contributed by atoms with Crippen molar-refractivity contribution in [1.82, 2.24) is 24.0 Å². The number of carbonyl (C=O) groups excluding carboxylic acids is 2. The van der Waals surface area contributed by atoms with Crippen LogP contribution in [-0.4, -0.2) is 43.2 Å². The fraction of sp³-hybridized carbons (Fsp3) is 0.533. The molecule has 0 saturated heterocycles. The van der Waals surface area contributed by atoms with Crippen molar-refractivity contribution in [2.75, 3.05) is 6.61 Å². The lowest BCUT2D eigenvalue weighted by Crippen LogP contribution is -2.38. The number of fused-ring (bicyclic) bond motifs is 1. The number of aryl methyl sites for hydroxylation is 1. The van der Waals surface area contributed by atoms with Crippen molar-refractivity contribution in [1.29, 1.82) is 0 Å². The summed E-state index contributed by atoms with van der Waals surface area (Å²) in [5.74, 6) is -1.08. The fourth-order valence-electron chi connectivity index (χ4n) is 2.27. The first-order chi connectivity index (χ1) is 11.8. The maximum Gasteiger partial charge on any atom is 0.332 e. The van der Waals surface area contributed by atoms with Gasteiger partial charge in [0.15, 0.2) is 17.8 Å². The van der Waals surface area contributed by atoms with E-state index in [1.807, 2.05) is 13.8 Å². The van der Waals surface area contributed by atoms with Crippen LogP contribution >= 0.6 is 0 Å². The van der Waals surface area contributed by atoms with Gasteiger partial charge >= 0.3 is 11.7 Å². The molecule has 0 aromatic carbocycles. The van der Waals surface area contributed by atoms with Crippen LogP contribution in [0.3, 0.4) is 0 Å². The molecular weight excluding hydrogens is 330 g/mol. The number of esters is 1. The maximum absolute atomic E-state index is 12.3. The Morgan fingerprint density at radius 3 is 2.60 bits per heavy atom. The van der Waals surface area contributed by atoms with Crippen LogP contribution in [0.5, 0.6) is 0 Å². The van der Waals surface area contributed by atoms with E-state index < -0.39 is 29.7 Å². The molecule has 136 valence electrons. The summed E-state index contributed by atoms with van der Waals surface area (Å²) in [5, 5.41) is 2.68. The van der Waals surface area contributed by atoms with E-state index in [-0.39, 0.29) is 23.8 Å². The summed E-state index contributed by atoms with van der Waals surface area (Å²) in [4.78, 5) is 51.7. The van der Waals surface area contributed by atoms with Gasteiger partial charge in [-0.2, -0.15) is 0 Å². The van der Waals surface area contributed by atoms with Gasteiger partial charge in [0.05, 0.1) is 6.33 Å². The van der Waals surface area contributed by atoms with Crippen molar-refractivity contribution in [3.8, 4) is 0 Å². The molecule has 2 aromatic heterocycles. The zero-order valence-corrected chi connectivity index (χ0v) is 14.6. The zero-order valence-electron chi connectivity index (χ0n) is 14.6. The monoisotopic (exact) mass is 351 g/mol. The molecule has 0 spiro atoms. The Morgan fingerprint density at radius 1 is 1.28 bits per heavy atom. The molecule has 0 fully saturated rings. The lowest BCUT2D eigenvalue weighted by atomic mass is 10.2. The molecule has 1 atom stereocenters. The summed E-state index contributed by atoms with van der Waals surface area (Å²) in [6, 6.07) is -0.00639. The number of amides is 1. The van der Waals surface area contributed by atoms with Crippen molar-refractivity contribution in [3.63, 3.8) is 0 Å². The zero-order chi connectivity index (χ0) is 18.7. The van der Waals surface area contributed by atoms with Crippen LogP contribution in [0.15, 0.2) is 15.9 Å². The summed E-state index contributed by atoms with van der Waals surface area (Å²) < 4.78 is 8.37. The number of hydrogen-bond donors (Lipinski definition) is 1. The molecule has 0 aliphatic carbocycles. The van der Waals surface area contributed by atoms with E-state index in [0.717, 1.165) is 11.0 Å². The third kappa shape index (κ3) is 3.78. The largest absolute Gasteiger partial charge is 0.454 e. The molecule has 2 aromatic rings. The molecule has 1 unspecified atom stereocenters. The minimum Gasteiger partial charge on any atom is -0.454 e. The highest BCUT2D eigenvalue weighted by molar-refractivity contribution is 5.81. The van der Waals surface area contributed by atoms with Crippen molar-refractivity contribution in [3.05, 3.63) is 27.2 Å². The predicted octanol–water partition coefficient (Wildman–Crippen LogP) is -1.11. The number of carbonyl (C=O) groups is 2. The van der Waals surface area contributed by atoms with Gasteiger partial charge in [-0.25, -0.2) is 9.78 Å². The number of rotatable bonds is 6. The van der Waals surface area contributed by atoms with Gasteiger partial charge in [-0.1, -0.05) is 6.92 Å². The summed E-state index contributed by atoms with van der Waals surface area (Å²) in [5.41, 5.74) is -0.772. The Labute approximate surface area is 143 Å². The Bertz CT molecular complexity index is 923. The van der Waals surface area contributed by atoms with Crippen LogP contribution in [0, 0.1) is 0 Å². The molecule has 10 heteroatoms. The second-order valence-corrected chi connectivity index (χ2v) is 5.79. The highest BCUT2D eigenvalue weighted by Gasteiger charge is 2.17. The number of imidazole rings is 1. The van der Waals surface area contributed by atoms with E-state index >= 15 is 0 Å². The molecule has 2 rings (SSSR count). The van der Waals surface area contributed by atoms with E-state index in [4.69, 9.17) is 4.74 Å². The average molecular weight is 351 g/mol. The van der Waals surface area contributed by atoms with Crippen LogP contribution in [0.4, 0.5) is 0 Å². The smallest absolute Gasteiger partial charge is 0.332 e. The summed E-state index contributed by atoms with van der Waals surface area (Å²) >= 11 is 0. The lowest BCUT2D eigenvalue weighted by molar-refractivity contribution is -0.149. The lowest BCUT2D eigenvalue weighted by Gasteiger charge is -2.11. The molecule has 10 nitrogen and oxygen atoms in total. The SMILES string of the molecule is CCC(C)NC(=O)COC(=O)Cn1cnc2c1c(=O)n(C)c(=O)n2C. The molecule has 0 aliphatic heterocycles. The Kier molecular flexibility index (Phi) is 5.40. The summed E-state index contributed by atoms with van der Waals surface area (Å²) in [6.07, 6.45) is 2.05. The second kappa shape index (κ2) is 7.32. The Balaban J connectivity index is 2.13. The Morgan fingerprint density at radius 2 is 1.96 bits per heavy atom. The number of aromatic nitrogens is 4. The molecular formula is C15H21N5O5. The van der Waals surface area contributed by atoms with Gasteiger partial charge < -0.3 is 14.6 Å². The summed E-state index contributed by atoms with van der Waals surface area (Å²) in [7, 11) is 2.83. The standard InChI is InChI=1S/C15H21N5O5/c1-5-9(2)17-10(21)7-25-11(22)6-20-8-16-13-12(20)14(23)19(4)15(24)18(13)3/h8-9H,5-7H2,1-4H3,(H,17,21). The maximum atomic E-state index is 12.3. The predicted molar refractivity (Wildman–Crippen MR) is 89.1 cm³/mol. The minimum atomic E-state index is -0.686. The van der Waals surface area contributed by atoms with E-state index in [9.17, 15) is 19.2 Å². The molecule has 0 saturated carbocycles. The van der Waals surface area contributed by atoms with Crippen molar-refractivity contribution in [2.24, 2.45) is 14.1 Å². The minimum absolute atomic E-state index is 0.00639. The number of hydrogen-bond acceptors (Lipinski definition) is 6. The van der Waals surface area contributed by atoms with E-state index in [1.165, 1.54) is 29.6 Å². The van der Waals surface area contributed by atoms with E-state index in [0.29, 0.717) is 0 Å². The first kappa shape index (κ1) is 18.4. The molecule has 0 aliphatic rings. The molecule has 1 N–H and O–H groups in total. The third-order valence-electron chi connectivity index (χ3n) is 3.90. The molecule has 25 heavy (non-hydrogen) atoms. The molecule has 1 amide bonds. The number of ether oxygens (including phenoxy) is 1. The number of nitrogens with one attached hydrogen (secondary N) is 1. The Hall–Kier alpha value is -2.91. The topological polar surface area (TPSA) is 117 Å². The molecule has 0 bridgehead atoms. The van der Waals surface area contributed by atoms with Gasteiger partial charge in [-0.3, -0.25) is 23.5 Å². The highest BCUT2D eigenvalue weighted by Crippen LogP contribution is 2.05. The molecule has 0 radical (unpaired) electrons. The van der Waals surface area contributed by atoms with E-state index in [1.54, 1.807) is 0 Å². The van der Waals surface area contributed by atoms with Gasteiger partial charge in [0.25, 0.3) is 11.5 Å². The quantitative estimate of drug-likeness (QED) is 0.660. The van der Waals surface area contributed by atoms with Crippen molar-refractivity contribution < 1.29 is 14.3 Å². The van der Waals surface area contributed by atoms with Crippen LogP contribution in [0.2, 0.25) is 0 Å². The van der Waals surface area contributed by atoms with Crippen molar-refractivity contribution >= 4 is 23.0 Å². The van der Waals surface area contributed by atoms with Gasteiger partial charge in [0, 0.05) is 20.1 Å². The first-order valence-corrected chi connectivity index (χ1v) is 7.82. The first-order valence-electron chi connectivity index (χ1n) is 7.82. The number of nitrogens with zero attached hydrogens (tertiary/aromatic N) is 4. The van der Waals surface area contributed by atoms with E-state index in [2.05, 4.69) is 10.3 Å². The van der Waals surface area contributed by atoms with Gasteiger partial charge in [0.2, 0.25) is 0 Å². The summed E-state index contributed by atoms with van der Waals surface area (Å²) in [6.45, 7) is 3.08. The molecule has 2 heterocycles.